The third-order valence-electron chi connectivity index (χ3n) is 1.37. The van der Waals surface area contributed by atoms with Crippen molar-refractivity contribution in [2.75, 3.05) is 14.2 Å². The lowest BCUT2D eigenvalue weighted by Crippen LogP contribution is -2.12. The van der Waals surface area contributed by atoms with Crippen LogP contribution in [0.4, 0.5) is 0 Å². The summed E-state index contributed by atoms with van der Waals surface area (Å²) in [6, 6.07) is 1.22. The van der Waals surface area contributed by atoms with E-state index in [1.54, 1.807) is 14.2 Å². The van der Waals surface area contributed by atoms with Gasteiger partial charge < -0.3 is 9.47 Å². The van der Waals surface area contributed by atoms with Gasteiger partial charge in [-0.15, -0.1) is 12.3 Å². The zero-order chi connectivity index (χ0) is 7.82. The second kappa shape index (κ2) is 6.99. The topological polar surface area (TPSA) is 18.5 Å². The fraction of sp³-hybridized carbons (Fsp3) is 0.714. The molecule has 0 bridgehead atoms. The summed E-state index contributed by atoms with van der Waals surface area (Å²) in [7, 11) is 3.30. The summed E-state index contributed by atoms with van der Waals surface area (Å²) >= 11 is 0. The number of ether oxygens (including phenoxy) is 2. The SMILES string of the molecule is C=C[SiH2]CCC(OC)OC. The molecule has 0 aromatic carbocycles. The molecule has 0 spiro atoms. The molecule has 2 nitrogen and oxygen atoms in total. The van der Waals surface area contributed by atoms with Crippen molar-refractivity contribution in [3.8, 4) is 0 Å². The molecule has 0 aliphatic carbocycles. The Labute approximate surface area is 65.0 Å². The second-order valence-corrected chi connectivity index (χ2v) is 3.98. The van der Waals surface area contributed by atoms with Crippen LogP contribution in [-0.4, -0.2) is 30.0 Å². The van der Waals surface area contributed by atoms with E-state index in [1.807, 2.05) is 5.70 Å². The van der Waals surface area contributed by atoms with Crippen LogP contribution >= 0.6 is 0 Å². The third-order valence-corrected chi connectivity index (χ3v) is 2.60. The fourth-order valence-corrected chi connectivity index (χ4v) is 1.62. The summed E-state index contributed by atoms with van der Waals surface area (Å²) in [6.45, 7) is 3.69. The van der Waals surface area contributed by atoms with Gasteiger partial charge in [0.15, 0.2) is 6.29 Å². The van der Waals surface area contributed by atoms with Gasteiger partial charge in [-0.05, 0) is 6.42 Å². The molecule has 0 amide bonds. The summed E-state index contributed by atoms with van der Waals surface area (Å²) in [5.74, 6) is 0. The molecule has 0 N–H and O–H groups in total. The van der Waals surface area contributed by atoms with E-state index in [2.05, 4.69) is 6.58 Å². The van der Waals surface area contributed by atoms with Crippen molar-refractivity contribution < 1.29 is 9.47 Å². The molecule has 0 aliphatic rings. The summed E-state index contributed by atoms with van der Waals surface area (Å²) < 4.78 is 10.0. The molecule has 10 heavy (non-hydrogen) atoms. The van der Waals surface area contributed by atoms with E-state index in [0.29, 0.717) is 0 Å². The van der Waals surface area contributed by atoms with E-state index in [1.165, 1.54) is 6.04 Å². The highest BCUT2D eigenvalue weighted by Gasteiger charge is 2.02. The molecule has 3 heteroatoms. The molecule has 0 aliphatic heterocycles. The minimum absolute atomic E-state index is 0.00699. The summed E-state index contributed by atoms with van der Waals surface area (Å²) in [6.07, 6.45) is 0.998. The Bertz CT molecular complexity index is 81.7. The molecule has 0 aromatic rings. The Morgan fingerprint density at radius 2 is 2.10 bits per heavy atom. The number of methoxy groups -OCH3 is 2. The number of rotatable bonds is 6. The van der Waals surface area contributed by atoms with Crippen molar-refractivity contribution >= 4 is 9.52 Å². The molecule has 0 radical (unpaired) electrons. The van der Waals surface area contributed by atoms with Crippen molar-refractivity contribution in [2.45, 2.75) is 18.8 Å². The second-order valence-electron chi connectivity index (χ2n) is 2.12. The van der Waals surface area contributed by atoms with Crippen LogP contribution in [0.3, 0.4) is 0 Å². The molecule has 0 unspecified atom stereocenters. The Morgan fingerprint density at radius 1 is 1.50 bits per heavy atom. The average Bonchev–Trinajstić information content (AvgIpc) is 1.99. The van der Waals surface area contributed by atoms with Gasteiger partial charge in [-0.3, -0.25) is 0 Å². The monoisotopic (exact) mass is 160 g/mol. The van der Waals surface area contributed by atoms with Gasteiger partial charge in [-0.1, -0.05) is 6.04 Å². The van der Waals surface area contributed by atoms with E-state index in [4.69, 9.17) is 9.47 Å². The maximum absolute atomic E-state index is 5.01. The van der Waals surface area contributed by atoms with Crippen LogP contribution in [0.5, 0.6) is 0 Å². The van der Waals surface area contributed by atoms with Crippen LogP contribution in [0.1, 0.15) is 6.42 Å². The first-order chi connectivity index (χ1) is 4.85. The van der Waals surface area contributed by atoms with Gasteiger partial charge in [0, 0.05) is 23.7 Å². The van der Waals surface area contributed by atoms with E-state index in [0.717, 1.165) is 6.42 Å². The van der Waals surface area contributed by atoms with E-state index in [-0.39, 0.29) is 15.8 Å². The maximum atomic E-state index is 5.01. The number of hydrogen-bond acceptors (Lipinski definition) is 2. The van der Waals surface area contributed by atoms with E-state index < -0.39 is 0 Å². The van der Waals surface area contributed by atoms with Crippen LogP contribution in [0.15, 0.2) is 12.3 Å². The molecular weight excluding hydrogens is 144 g/mol. The van der Waals surface area contributed by atoms with Gasteiger partial charge in [-0.2, -0.15) is 0 Å². The normalized spacial score (nSPS) is 11.5. The van der Waals surface area contributed by atoms with Gasteiger partial charge in [0.25, 0.3) is 0 Å². The summed E-state index contributed by atoms with van der Waals surface area (Å²) in [4.78, 5) is 0. The molecule has 0 fully saturated rings. The Morgan fingerprint density at radius 3 is 2.50 bits per heavy atom. The molecule has 0 heterocycles. The molecule has 0 atom stereocenters. The van der Waals surface area contributed by atoms with Crippen molar-refractivity contribution in [2.24, 2.45) is 0 Å². The van der Waals surface area contributed by atoms with Crippen molar-refractivity contribution in [3.63, 3.8) is 0 Å². The highest BCUT2D eigenvalue weighted by atomic mass is 28.2. The van der Waals surface area contributed by atoms with Crippen LogP contribution in [0, 0.1) is 0 Å². The lowest BCUT2D eigenvalue weighted by atomic mass is 10.5. The minimum atomic E-state index is -0.0358. The zero-order valence-electron chi connectivity index (χ0n) is 6.80. The average molecular weight is 160 g/mol. The largest absolute Gasteiger partial charge is 0.356 e. The van der Waals surface area contributed by atoms with Crippen LogP contribution < -0.4 is 0 Å². The third kappa shape index (κ3) is 4.73. The first-order valence-electron chi connectivity index (χ1n) is 3.51. The quantitative estimate of drug-likeness (QED) is 0.324. The van der Waals surface area contributed by atoms with Gasteiger partial charge in [-0.25, -0.2) is 0 Å². The molecule has 0 saturated carbocycles. The molecule has 60 valence electrons. The predicted octanol–water partition coefficient (Wildman–Crippen LogP) is 0.726. The molecule has 0 rings (SSSR count). The zero-order valence-corrected chi connectivity index (χ0v) is 8.21. The van der Waals surface area contributed by atoms with Gasteiger partial charge >= 0.3 is 0 Å². The van der Waals surface area contributed by atoms with Gasteiger partial charge in [0.1, 0.15) is 0 Å². The Hall–Kier alpha value is -0.123. The van der Waals surface area contributed by atoms with Crippen LogP contribution in [0.2, 0.25) is 6.04 Å². The Balaban J connectivity index is 3.16. The summed E-state index contributed by atoms with van der Waals surface area (Å²) in [5, 5.41) is 0. The van der Waals surface area contributed by atoms with E-state index >= 15 is 0 Å². The van der Waals surface area contributed by atoms with Crippen LogP contribution in [0.25, 0.3) is 0 Å². The van der Waals surface area contributed by atoms with Crippen molar-refractivity contribution in [1.29, 1.82) is 0 Å². The Kier molecular flexibility index (Phi) is 6.90. The highest BCUT2D eigenvalue weighted by Crippen LogP contribution is 2.01. The smallest absolute Gasteiger partial charge is 0.156 e. The molecular formula is C7H16O2Si. The standard InChI is InChI=1S/C7H16O2Si/c1-4-10-6-5-7(8-2)9-3/h4,7H,1,5-6,10H2,2-3H3. The summed E-state index contributed by atoms with van der Waals surface area (Å²) in [5.41, 5.74) is 2.04. The van der Waals surface area contributed by atoms with Crippen molar-refractivity contribution in [3.05, 3.63) is 12.3 Å². The van der Waals surface area contributed by atoms with Crippen LogP contribution in [-0.2, 0) is 9.47 Å². The lowest BCUT2D eigenvalue weighted by Gasteiger charge is -2.11. The highest BCUT2D eigenvalue weighted by molar-refractivity contribution is 6.41. The fourth-order valence-electron chi connectivity index (χ4n) is 0.761. The van der Waals surface area contributed by atoms with E-state index in [9.17, 15) is 0 Å². The van der Waals surface area contributed by atoms with Gasteiger partial charge in [0.2, 0.25) is 0 Å². The maximum Gasteiger partial charge on any atom is 0.156 e. The minimum Gasteiger partial charge on any atom is -0.356 e. The van der Waals surface area contributed by atoms with Gasteiger partial charge in [0.05, 0.1) is 0 Å². The first kappa shape index (κ1) is 9.88. The predicted molar refractivity (Wildman–Crippen MR) is 46.0 cm³/mol. The molecule has 0 saturated heterocycles. The first-order valence-corrected chi connectivity index (χ1v) is 5.33. The lowest BCUT2D eigenvalue weighted by molar-refractivity contribution is -0.103. The number of hydrogen-bond donors (Lipinski definition) is 0. The molecule has 0 aromatic heterocycles. The van der Waals surface area contributed by atoms with Crippen molar-refractivity contribution in [1.82, 2.24) is 0 Å².